The summed E-state index contributed by atoms with van der Waals surface area (Å²) < 4.78 is 11.0. The van der Waals surface area contributed by atoms with E-state index >= 15 is 0 Å². The molecule has 2 aromatic rings. The lowest BCUT2D eigenvalue weighted by Gasteiger charge is -2.09. The van der Waals surface area contributed by atoms with Crippen molar-refractivity contribution in [2.75, 3.05) is 18.5 Å². The van der Waals surface area contributed by atoms with Crippen molar-refractivity contribution < 1.29 is 14.3 Å². The molecule has 6 nitrogen and oxygen atoms in total. The summed E-state index contributed by atoms with van der Waals surface area (Å²) in [5.74, 6) is 0.699. The molecule has 0 unspecified atom stereocenters. The molecule has 23 heavy (non-hydrogen) atoms. The molecule has 1 aromatic heterocycles. The van der Waals surface area contributed by atoms with Crippen LogP contribution in [0, 0.1) is 0 Å². The largest absolute Gasteiger partial charge is 0.477 e. The van der Waals surface area contributed by atoms with E-state index < -0.39 is 0 Å². The summed E-state index contributed by atoms with van der Waals surface area (Å²) in [5.41, 5.74) is 1.71. The molecule has 0 radical (unpaired) electrons. The number of nitrogens with zero attached hydrogens (tertiary/aromatic N) is 2. The quantitative estimate of drug-likeness (QED) is 0.742. The number of ether oxygens (including phenoxy) is 2. The lowest BCUT2D eigenvalue weighted by molar-refractivity contribution is -0.142. The number of halogens is 1. The van der Waals surface area contributed by atoms with Crippen LogP contribution in [0.5, 0.6) is 5.88 Å². The van der Waals surface area contributed by atoms with E-state index in [2.05, 4.69) is 31.2 Å². The molecule has 0 atom stereocenters. The molecule has 2 rings (SSSR count). The smallest absolute Gasteiger partial charge is 0.310 e. The van der Waals surface area contributed by atoms with Gasteiger partial charge in [0.2, 0.25) is 11.8 Å². The van der Waals surface area contributed by atoms with Gasteiger partial charge in [-0.3, -0.25) is 4.79 Å². The zero-order valence-electron chi connectivity index (χ0n) is 13.0. The van der Waals surface area contributed by atoms with Crippen molar-refractivity contribution in [3.8, 4) is 5.88 Å². The third-order valence-electron chi connectivity index (χ3n) is 2.86. The molecule has 0 aliphatic rings. The Bertz CT molecular complexity index is 662. The van der Waals surface area contributed by atoms with Crippen LogP contribution < -0.4 is 10.1 Å². The molecule has 122 valence electrons. The summed E-state index contributed by atoms with van der Waals surface area (Å²) in [4.78, 5) is 19.9. The highest BCUT2D eigenvalue weighted by molar-refractivity contribution is 9.10. The van der Waals surface area contributed by atoms with E-state index in [1.807, 2.05) is 31.2 Å². The Hall–Kier alpha value is -2.15. The number of hydrogen-bond donors (Lipinski definition) is 1. The fourth-order valence-electron chi connectivity index (χ4n) is 1.86. The Balaban J connectivity index is 2.03. The van der Waals surface area contributed by atoms with Gasteiger partial charge in [0.05, 0.1) is 30.3 Å². The van der Waals surface area contributed by atoms with E-state index in [9.17, 15) is 4.79 Å². The van der Waals surface area contributed by atoms with Crippen LogP contribution in [-0.4, -0.2) is 29.2 Å². The van der Waals surface area contributed by atoms with E-state index in [0.29, 0.717) is 29.5 Å². The lowest BCUT2D eigenvalue weighted by atomic mass is 10.1. The highest BCUT2D eigenvalue weighted by atomic mass is 79.9. The molecule has 0 saturated heterocycles. The first-order chi connectivity index (χ1) is 11.1. The fraction of sp³-hybridized carbons (Fsp3) is 0.312. The number of aromatic nitrogens is 2. The van der Waals surface area contributed by atoms with E-state index in [-0.39, 0.29) is 12.4 Å². The molecule has 0 spiro atoms. The van der Waals surface area contributed by atoms with Crippen molar-refractivity contribution in [3.63, 3.8) is 0 Å². The number of hydrogen-bond acceptors (Lipinski definition) is 6. The third kappa shape index (κ3) is 5.21. The molecule has 0 bridgehead atoms. The number of anilines is 2. The first-order valence-corrected chi connectivity index (χ1v) is 8.08. The molecule has 0 aliphatic heterocycles. The van der Waals surface area contributed by atoms with Gasteiger partial charge in [-0.2, -0.15) is 4.98 Å². The number of esters is 1. The van der Waals surface area contributed by atoms with Crippen molar-refractivity contribution in [1.82, 2.24) is 9.97 Å². The molecule has 7 heteroatoms. The normalized spacial score (nSPS) is 10.2. The second-order valence-electron chi connectivity index (χ2n) is 4.58. The van der Waals surface area contributed by atoms with Crippen LogP contribution in [0.15, 0.2) is 34.9 Å². The Labute approximate surface area is 143 Å². The molecule has 1 aromatic carbocycles. The van der Waals surface area contributed by atoms with Crippen LogP contribution in [0.4, 0.5) is 11.6 Å². The molecular formula is C16H18BrN3O3. The monoisotopic (exact) mass is 379 g/mol. The van der Waals surface area contributed by atoms with Crippen molar-refractivity contribution in [3.05, 3.63) is 40.5 Å². The van der Waals surface area contributed by atoms with E-state index in [1.165, 1.54) is 0 Å². The van der Waals surface area contributed by atoms with Gasteiger partial charge in [-0.25, -0.2) is 4.98 Å². The number of benzene rings is 1. The summed E-state index contributed by atoms with van der Waals surface area (Å²) in [5, 5.41) is 3.10. The van der Waals surface area contributed by atoms with Gasteiger partial charge in [0.15, 0.2) is 0 Å². The minimum absolute atomic E-state index is 0.231. The third-order valence-corrected chi connectivity index (χ3v) is 3.40. The summed E-state index contributed by atoms with van der Waals surface area (Å²) in [6, 6.07) is 7.45. The zero-order valence-corrected chi connectivity index (χ0v) is 14.6. The zero-order chi connectivity index (χ0) is 16.7. The number of rotatable bonds is 7. The number of carbonyl (C=O) groups is 1. The van der Waals surface area contributed by atoms with Crippen LogP contribution in [-0.2, 0) is 16.0 Å². The topological polar surface area (TPSA) is 73.3 Å². The molecule has 1 N–H and O–H groups in total. The molecule has 0 saturated carbocycles. The van der Waals surface area contributed by atoms with Gasteiger partial charge in [-0.15, -0.1) is 0 Å². The predicted octanol–water partition coefficient (Wildman–Crippen LogP) is 3.49. The standard InChI is InChI=1S/C16H18BrN3O3/c1-3-22-14(21)9-11-5-7-12(8-6-11)19-16-18-10-13(17)15(20-16)23-4-2/h5-8,10H,3-4,9H2,1-2H3,(H,18,19,20). The Morgan fingerprint density at radius 2 is 1.96 bits per heavy atom. The molecule has 0 fully saturated rings. The van der Waals surface area contributed by atoms with Crippen molar-refractivity contribution >= 4 is 33.5 Å². The second-order valence-corrected chi connectivity index (χ2v) is 5.44. The van der Waals surface area contributed by atoms with Gasteiger partial charge >= 0.3 is 5.97 Å². The van der Waals surface area contributed by atoms with Crippen LogP contribution >= 0.6 is 15.9 Å². The maximum absolute atomic E-state index is 11.4. The SMILES string of the molecule is CCOC(=O)Cc1ccc(Nc2ncc(Br)c(OCC)n2)cc1. The molecule has 1 heterocycles. The predicted molar refractivity (Wildman–Crippen MR) is 91.0 cm³/mol. The number of nitrogens with one attached hydrogen (secondary N) is 1. The first-order valence-electron chi connectivity index (χ1n) is 7.29. The maximum Gasteiger partial charge on any atom is 0.310 e. The van der Waals surface area contributed by atoms with E-state index in [1.54, 1.807) is 13.1 Å². The van der Waals surface area contributed by atoms with Gasteiger partial charge in [-0.1, -0.05) is 12.1 Å². The highest BCUT2D eigenvalue weighted by Crippen LogP contribution is 2.24. The summed E-state index contributed by atoms with van der Waals surface area (Å²) in [6.45, 7) is 4.60. The van der Waals surface area contributed by atoms with Crippen LogP contribution in [0.1, 0.15) is 19.4 Å². The van der Waals surface area contributed by atoms with Gasteiger partial charge in [0.25, 0.3) is 0 Å². The van der Waals surface area contributed by atoms with Crippen LogP contribution in [0.25, 0.3) is 0 Å². The van der Waals surface area contributed by atoms with Crippen molar-refractivity contribution in [2.24, 2.45) is 0 Å². The maximum atomic E-state index is 11.4. The van der Waals surface area contributed by atoms with Gasteiger partial charge in [0, 0.05) is 5.69 Å². The number of carbonyl (C=O) groups excluding carboxylic acids is 1. The van der Waals surface area contributed by atoms with Crippen molar-refractivity contribution in [1.29, 1.82) is 0 Å². The van der Waals surface area contributed by atoms with Gasteiger partial charge in [0.1, 0.15) is 0 Å². The van der Waals surface area contributed by atoms with Crippen LogP contribution in [0.2, 0.25) is 0 Å². The summed E-state index contributed by atoms with van der Waals surface area (Å²) in [6.07, 6.45) is 1.90. The molecular weight excluding hydrogens is 362 g/mol. The van der Waals surface area contributed by atoms with Crippen molar-refractivity contribution in [2.45, 2.75) is 20.3 Å². The Morgan fingerprint density at radius 1 is 1.22 bits per heavy atom. The van der Waals surface area contributed by atoms with Crippen LogP contribution in [0.3, 0.4) is 0 Å². The Kier molecular flexibility index (Phi) is 6.34. The minimum atomic E-state index is -0.231. The van der Waals surface area contributed by atoms with Gasteiger partial charge in [-0.05, 0) is 47.5 Å². The van der Waals surface area contributed by atoms with E-state index in [4.69, 9.17) is 9.47 Å². The highest BCUT2D eigenvalue weighted by Gasteiger charge is 2.07. The molecule has 0 amide bonds. The summed E-state index contributed by atoms with van der Waals surface area (Å²) >= 11 is 3.34. The van der Waals surface area contributed by atoms with Gasteiger partial charge < -0.3 is 14.8 Å². The average molecular weight is 380 g/mol. The Morgan fingerprint density at radius 3 is 2.61 bits per heavy atom. The minimum Gasteiger partial charge on any atom is -0.477 e. The lowest BCUT2D eigenvalue weighted by Crippen LogP contribution is -2.07. The molecule has 0 aliphatic carbocycles. The second kappa shape index (κ2) is 8.47. The first kappa shape index (κ1) is 17.2. The average Bonchev–Trinajstić information content (AvgIpc) is 2.53. The fourth-order valence-corrected chi connectivity index (χ4v) is 2.17. The summed E-state index contributed by atoms with van der Waals surface area (Å²) in [7, 11) is 0. The van der Waals surface area contributed by atoms with E-state index in [0.717, 1.165) is 11.3 Å².